The van der Waals surface area contributed by atoms with Gasteiger partial charge in [-0.15, -0.1) is 0 Å². The minimum atomic E-state index is 0.0998. The molecule has 2 nitrogen and oxygen atoms in total. The van der Waals surface area contributed by atoms with Crippen LogP contribution in [0.2, 0.25) is 0 Å². The highest BCUT2D eigenvalue weighted by Gasteiger charge is 2.33. The summed E-state index contributed by atoms with van der Waals surface area (Å²) in [4.78, 5) is 0. The van der Waals surface area contributed by atoms with E-state index in [1.165, 1.54) is 51.4 Å². The molecule has 0 radical (unpaired) electrons. The van der Waals surface area contributed by atoms with E-state index in [0.29, 0.717) is 6.61 Å². The summed E-state index contributed by atoms with van der Waals surface area (Å²) in [5.41, 5.74) is 0.0998. The maximum Gasteiger partial charge on any atom is 0.0613 e. The van der Waals surface area contributed by atoms with Gasteiger partial charge in [0.1, 0.15) is 0 Å². The number of aliphatic hydroxyl groups is 1. The standard InChI is InChI=1S/C12H23NO/c14-10-12(7-3-4-8-12)13-9-11-5-1-2-6-11/h11,13-14H,1-10H2. The van der Waals surface area contributed by atoms with Gasteiger partial charge in [0.2, 0.25) is 0 Å². The van der Waals surface area contributed by atoms with Crippen molar-refractivity contribution in [1.82, 2.24) is 5.32 Å². The van der Waals surface area contributed by atoms with Crippen LogP contribution in [-0.2, 0) is 0 Å². The second kappa shape index (κ2) is 4.63. The van der Waals surface area contributed by atoms with Crippen molar-refractivity contribution in [1.29, 1.82) is 0 Å². The van der Waals surface area contributed by atoms with Crippen molar-refractivity contribution in [3.05, 3.63) is 0 Å². The third-order valence-electron chi connectivity index (χ3n) is 4.10. The van der Waals surface area contributed by atoms with E-state index in [2.05, 4.69) is 5.32 Å². The van der Waals surface area contributed by atoms with Gasteiger partial charge in [0.25, 0.3) is 0 Å². The molecule has 0 unspecified atom stereocenters. The summed E-state index contributed by atoms with van der Waals surface area (Å²) in [7, 11) is 0. The van der Waals surface area contributed by atoms with Crippen molar-refractivity contribution in [2.75, 3.05) is 13.2 Å². The summed E-state index contributed by atoms with van der Waals surface area (Å²) >= 11 is 0. The Bertz CT molecular complexity index is 169. The molecule has 0 aromatic rings. The van der Waals surface area contributed by atoms with Crippen LogP contribution in [-0.4, -0.2) is 23.8 Å². The molecule has 0 aromatic heterocycles. The fourth-order valence-corrected chi connectivity index (χ4v) is 3.02. The highest BCUT2D eigenvalue weighted by molar-refractivity contribution is 4.92. The first-order valence-corrected chi connectivity index (χ1v) is 6.21. The van der Waals surface area contributed by atoms with Crippen molar-refractivity contribution >= 4 is 0 Å². The minimum Gasteiger partial charge on any atom is -0.394 e. The third-order valence-corrected chi connectivity index (χ3v) is 4.10. The van der Waals surface area contributed by atoms with Crippen molar-refractivity contribution < 1.29 is 5.11 Å². The number of hydrogen-bond donors (Lipinski definition) is 2. The van der Waals surface area contributed by atoms with Crippen LogP contribution in [0.1, 0.15) is 51.4 Å². The quantitative estimate of drug-likeness (QED) is 0.723. The fourth-order valence-electron chi connectivity index (χ4n) is 3.02. The van der Waals surface area contributed by atoms with Crippen LogP contribution in [0.5, 0.6) is 0 Å². The Balaban J connectivity index is 1.76. The highest BCUT2D eigenvalue weighted by atomic mass is 16.3. The number of aliphatic hydroxyl groups excluding tert-OH is 1. The first-order chi connectivity index (χ1) is 6.85. The van der Waals surface area contributed by atoms with Crippen molar-refractivity contribution in [2.24, 2.45) is 5.92 Å². The predicted octanol–water partition coefficient (Wildman–Crippen LogP) is 2.07. The van der Waals surface area contributed by atoms with E-state index in [1.54, 1.807) is 0 Å². The SMILES string of the molecule is OCC1(NCC2CCCC2)CCCC1. The molecule has 0 aromatic carbocycles. The molecule has 2 rings (SSSR count). The molecule has 2 N–H and O–H groups in total. The molecule has 2 aliphatic carbocycles. The van der Waals surface area contributed by atoms with Gasteiger partial charge in [-0.1, -0.05) is 25.7 Å². The van der Waals surface area contributed by atoms with E-state index < -0.39 is 0 Å². The normalized spacial score (nSPS) is 27.2. The lowest BCUT2D eigenvalue weighted by atomic mass is 9.97. The van der Waals surface area contributed by atoms with E-state index in [-0.39, 0.29) is 5.54 Å². The van der Waals surface area contributed by atoms with E-state index in [0.717, 1.165) is 12.5 Å². The van der Waals surface area contributed by atoms with Crippen molar-refractivity contribution in [2.45, 2.75) is 56.9 Å². The molecule has 14 heavy (non-hydrogen) atoms. The summed E-state index contributed by atoms with van der Waals surface area (Å²) < 4.78 is 0. The van der Waals surface area contributed by atoms with E-state index in [4.69, 9.17) is 0 Å². The third kappa shape index (κ3) is 2.29. The summed E-state index contributed by atoms with van der Waals surface area (Å²) in [6.45, 7) is 1.47. The molecule has 2 heteroatoms. The van der Waals surface area contributed by atoms with Gasteiger partial charge in [0, 0.05) is 5.54 Å². The Morgan fingerprint density at radius 3 is 2.29 bits per heavy atom. The van der Waals surface area contributed by atoms with Crippen molar-refractivity contribution in [3.63, 3.8) is 0 Å². The van der Waals surface area contributed by atoms with E-state index in [9.17, 15) is 5.11 Å². The molecule has 0 amide bonds. The van der Waals surface area contributed by atoms with Crippen LogP contribution in [0, 0.1) is 5.92 Å². The molecular weight excluding hydrogens is 174 g/mol. The van der Waals surface area contributed by atoms with Crippen LogP contribution in [0.3, 0.4) is 0 Å². The molecule has 82 valence electrons. The zero-order valence-corrected chi connectivity index (χ0v) is 9.10. The maximum absolute atomic E-state index is 9.43. The zero-order valence-electron chi connectivity index (χ0n) is 9.10. The van der Waals surface area contributed by atoms with Gasteiger partial charge in [-0.3, -0.25) is 0 Å². The van der Waals surface area contributed by atoms with Gasteiger partial charge in [0.15, 0.2) is 0 Å². The first-order valence-electron chi connectivity index (χ1n) is 6.21. The fraction of sp³-hybridized carbons (Fsp3) is 1.00. The van der Waals surface area contributed by atoms with Crippen LogP contribution in [0.25, 0.3) is 0 Å². The summed E-state index contributed by atoms with van der Waals surface area (Å²) in [5.74, 6) is 0.888. The average Bonchev–Trinajstić information content (AvgIpc) is 2.87. The Morgan fingerprint density at radius 1 is 1.07 bits per heavy atom. The van der Waals surface area contributed by atoms with Crippen LogP contribution in [0.15, 0.2) is 0 Å². The van der Waals surface area contributed by atoms with Crippen LogP contribution < -0.4 is 5.32 Å². The molecule has 0 aliphatic heterocycles. The Morgan fingerprint density at radius 2 is 1.71 bits per heavy atom. The summed E-state index contributed by atoms with van der Waals surface area (Å²) in [5, 5.41) is 13.1. The molecule has 2 fully saturated rings. The minimum absolute atomic E-state index is 0.0998. The molecule has 0 bridgehead atoms. The average molecular weight is 197 g/mol. The number of hydrogen-bond acceptors (Lipinski definition) is 2. The van der Waals surface area contributed by atoms with Gasteiger partial charge in [-0.05, 0) is 38.1 Å². The largest absolute Gasteiger partial charge is 0.394 e. The van der Waals surface area contributed by atoms with E-state index >= 15 is 0 Å². The summed E-state index contributed by atoms with van der Waals surface area (Å²) in [6, 6.07) is 0. The predicted molar refractivity (Wildman–Crippen MR) is 58.2 cm³/mol. The van der Waals surface area contributed by atoms with Gasteiger partial charge < -0.3 is 10.4 Å². The lowest BCUT2D eigenvalue weighted by molar-refractivity contribution is 0.159. The van der Waals surface area contributed by atoms with Gasteiger partial charge in [-0.25, -0.2) is 0 Å². The second-order valence-electron chi connectivity index (χ2n) is 5.18. The molecule has 2 saturated carbocycles. The molecule has 0 spiro atoms. The lowest BCUT2D eigenvalue weighted by Crippen LogP contribution is -2.47. The first kappa shape index (κ1) is 10.4. The molecule has 0 heterocycles. The topological polar surface area (TPSA) is 32.3 Å². The maximum atomic E-state index is 9.43. The monoisotopic (exact) mass is 197 g/mol. The molecule has 0 saturated heterocycles. The number of rotatable bonds is 4. The smallest absolute Gasteiger partial charge is 0.0613 e. The molecule has 0 atom stereocenters. The van der Waals surface area contributed by atoms with E-state index in [1.807, 2.05) is 0 Å². The lowest BCUT2D eigenvalue weighted by Gasteiger charge is -2.29. The van der Waals surface area contributed by atoms with Crippen LogP contribution >= 0.6 is 0 Å². The Hall–Kier alpha value is -0.0800. The second-order valence-corrected chi connectivity index (χ2v) is 5.18. The zero-order chi connectivity index (χ0) is 9.86. The highest BCUT2D eigenvalue weighted by Crippen LogP contribution is 2.30. The van der Waals surface area contributed by atoms with Gasteiger partial charge in [0.05, 0.1) is 6.61 Å². The Kier molecular flexibility index (Phi) is 3.45. The number of nitrogens with one attached hydrogen (secondary N) is 1. The molecular formula is C12H23NO. The van der Waals surface area contributed by atoms with Crippen molar-refractivity contribution in [3.8, 4) is 0 Å². The van der Waals surface area contributed by atoms with Gasteiger partial charge in [-0.2, -0.15) is 0 Å². The Labute approximate surface area is 87.1 Å². The molecule has 2 aliphatic rings. The summed E-state index contributed by atoms with van der Waals surface area (Å²) in [6.07, 6.45) is 10.6. The van der Waals surface area contributed by atoms with Gasteiger partial charge >= 0.3 is 0 Å². The van der Waals surface area contributed by atoms with Crippen LogP contribution in [0.4, 0.5) is 0 Å².